The Bertz CT molecular complexity index is 783. The normalized spacial score (nSPS) is 10.5. The summed E-state index contributed by atoms with van der Waals surface area (Å²) in [5.74, 6) is 0.536. The van der Waals surface area contributed by atoms with Crippen molar-refractivity contribution in [1.29, 1.82) is 0 Å². The Hall–Kier alpha value is -1.39. The molecule has 0 radical (unpaired) electrons. The minimum absolute atomic E-state index is 0. The van der Waals surface area contributed by atoms with E-state index in [1.54, 1.807) is 24.4 Å². The van der Waals surface area contributed by atoms with Crippen LogP contribution in [0, 0.1) is 0 Å². The van der Waals surface area contributed by atoms with Crippen LogP contribution in [0.15, 0.2) is 41.6 Å². The first kappa shape index (κ1) is 22.6. The Morgan fingerprint density at radius 1 is 1.25 bits per heavy atom. The summed E-state index contributed by atoms with van der Waals surface area (Å²) in [5.41, 5.74) is 3.15. The fourth-order valence-electron chi connectivity index (χ4n) is 1.28. The number of phenols is 1. The van der Waals surface area contributed by atoms with Crippen LogP contribution in [0.25, 0.3) is 0 Å². The minimum Gasteiger partial charge on any atom is -0.759 e. The zero-order valence-electron chi connectivity index (χ0n) is 11.5. The molecule has 0 fully saturated rings. The molecular weight excluding hydrogens is 425 g/mol. The van der Waals surface area contributed by atoms with Crippen molar-refractivity contribution >= 4 is 45.6 Å². The molecule has 2 rings (SSSR count). The number of pyridine rings is 1. The zero-order valence-corrected chi connectivity index (χ0v) is 15.0. The Labute approximate surface area is 158 Å². The second-order valence-corrected chi connectivity index (χ2v) is 5.48. The fourth-order valence-corrected chi connectivity index (χ4v) is 1.79. The van der Waals surface area contributed by atoms with E-state index in [1.165, 1.54) is 12.3 Å². The van der Waals surface area contributed by atoms with E-state index < -0.39 is 10.4 Å². The van der Waals surface area contributed by atoms with E-state index in [1.807, 2.05) is 6.07 Å². The third-order valence-electron chi connectivity index (χ3n) is 2.11. The summed E-state index contributed by atoms with van der Waals surface area (Å²) in [5, 5.41) is 14.2. The van der Waals surface area contributed by atoms with Gasteiger partial charge in [-0.3, -0.25) is 13.8 Å². The van der Waals surface area contributed by atoms with Crippen LogP contribution in [0.5, 0.6) is 5.75 Å². The predicted octanol–water partition coefficient (Wildman–Crippen LogP) is 2.20. The molecule has 0 aliphatic carbocycles. The number of rotatable bonds is 3. The SMILES string of the molecule is O=S(=O)([O-])[O-].Oc1c(Cl)cc(Cl)cc1/C=N/Nc1ccccn1.[Fe+2]. The van der Waals surface area contributed by atoms with E-state index >= 15 is 0 Å². The fraction of sp³-hybridized carbons (Fsp3) is 0. The molecule has 1 aromatic carbocycles. The Morgan fingerprint density at radius 3 is 2.42 bits per heavy atom. The molecule has 1 aromatic heterocycles. The van der Waals surface area contributed by atoms with Crippen LogP contribution in [0.1, 0.15) is 5.56 Å². The van der Waals surface area contributed by atoms with Gasteiger partial charge in [0.2, 0.25) is 0 Å². The van der Waals surface area contributed by atoms with Gasteiger partial charge in [-0.1, -0.05) is 29.3 Å². The van der Waals surface area contributed by atoms with E-state index in [0.29, 0.717) is 16.4 Å². The molecule has 0 amide bonds. The van der Waals surface area contributed by atoms with Gasteiger partial charge in [0, 0.05) is 27.2 Å². The van der Waals surface area contributed by atoms with Crippen LogP contribution >= 0.6 is 23.2 Å². The van der Waals surface area contributed by atoms with Gasteiger partial charge in [0.05, 0.1) is 11.2 Å². The predicted molar refractivity (Wildman–Crippen MR) is 84.1 cm³/mol. The first-order chi connectivity index (χ1) is 10.7. The molecule has 0 bridgehead atoms. The van der Waals surface area contributed by atoms with Crippen molar-refractivity contribution in [3.8, 4) is 5.75 Å². The average Bonchev–Trinajstić information content (AvgIpc) is 2.43. The number of hydrazone groups is 1. The maximum absolute atomic E-state index is 9.69. The molecule has 0 aliphatic heterocycles. The number of hydrogen-bond donors (Lipinski definition) is 2. The second kappa shape index (κ2) is 10.5. The van der Waals surface area contributed by atoms with E-state index in [0.717, 1.165) is 0 Å². The number of halogens is 2. The molecule has 2 aromatic rings. The Morgan fingerprint density at radius 2 is 1.88 bits per heavy atom. The summed E-state index contributed by atoms with van der Waals surface area (Å²) >= 11 is 11.6. The van der Waals surface area contributed by atoms with Gasteiger partial charge in [0.25, 0.3) is 0 Å². The molecule has 130 valence electrons. The molecule has 1 heterocycles. The van der Waals surface area contributed by atoms with Gasteiger partial charge < -0.3 is 14.2 Å². The molecule has 0 aliphatic rings. The van der Waals surface area contributed by atoms with E-state index in [2.05, 4.69) is 15.5 Å². The molecule has 2 N–H and O–H groups in total. The van der Waals surface area contributed by atoms with Gasteiger partial charge in [-0.15, -0.1) is 0 Å². The van der Waals surface area contributed by atoms with Crippen LogP contribution in [0.3, 0.4) is 0 Å². The largest absolute Gasteiger partial charge is 2.00 e. The quantitative estimate of drug-likeness (QED) is 0.248. The summed E-state index contributed by atoms with van der Waals surface area (Å²) in [7, 11) is -5.17. The smallest absolute Gasteiger partial charge is 0.759 e. The third kappa shape index (κ3) is 9.68. The summed E-state index contributed by atoms with van der Waals surface area (Å²) in [6, 6.07) is 8.42. The standard InChI is InChI=1S/C12H9Cl2N3O.Fe.H2O4S/c13-9-5-8(12(18)10(14)6-9)7-16-17-11-3-1-2-4-15-11;;1-5(2,3)4/h1-7,18H,(H,15,17);;(H2,1,2,3,4)/q;+2;/p-2/b16-7+;;. The summed E-state index contributed by atoms with van der Waals surface area (Å²) in [4.78, 5) is 4.03. The summed E-state index contributed by atoms with van der Waals surface area (Å²) < 4.78 is 34.1. The Kier molecular flexibility index (Phi) is 9.86. The average molecular weight is 434 g/mol. The van der Waals surface area contributed by atoms with Gasteiger partial charge in [-0.25, -0.2) is 4.98 Å². The van der Waals surface area contributed by atoms with Crippen molar-refractivity contribution in [2.75, 3.05) is 5.43 Å². The van der Waals surface area contributed by atoms with Gasteiger partial charge >= 0.3 is 17.1 Å². The van der Waals surface area contributed by atoms with Crippen molar-refractivity contribution in [2.24, 2.45) is 5.10 Å². The number of anilines is 1. The monoisotopic (exact) mass is 433 g/mol. The van der Waals surface area contributed by atoms with Gasteiger partial charge in [-0.2, -0.15) is 5.10 Å². The summed E-state index contributed by atoms with van der Waals surface area (Å²) in [6.45, 7) is 0. The van der Waals surface area contributed by atoms with Crippen molar-refractivity contribution < 1.29 is 39.7 Å². The van der Waals surface area contributed by atoms with Crippen LogP contribution in [-0.4, -0.2) is 33.8 Å². The number of nitrogens with zero attached hydrogens (tertiary/aromatic N) is 2. The molecule has 0 unspecified atom stereocenters. The van der Waals surface area contributed by atoms with Gasteiger partial charge in [0.1, 0.15) is 11.6 Å². The van der Waals surface area contributed by atoms with Crippen molar-refractivity contribution in [2.45, 2.75) is 0 Å². The van der Waals surface area contributed by atoms with E-state index in [4.69, 9.17) is 40.7 Å². The molecule has 8 nitrogen and oxygen atoms in total. The number of aromatic nitrogens is 1. The van der Waals surface area contributed by atoms with E-state index in [9.17, 15) is 5.11 Å². The molecule has 12 heteroatoms. The van der Waals surface area contributed by atoms with Crippen molar-refractivity contribution in [1.82, 2.24) is 4.98 Å². The van der Waals surface area contributed by atoms with Crippen LogP contribution in [0.2, 0.25) is 10.0 Å². The van der Waals surface area contributed by atoms with E-state index in [-0.39, 0.29) is 27.8 Å². The number of hydrogen-bond acceptors (Lipinski definition) is 8. The first-order valence-corrected chi connectivity index (χ1v) is 7.80. The van der Waals surface area contributed by atoms with Gasteiger partial charge in [0.15, 0.2) is 0 Å². The molecule has 0 saturated heterocycles. The van der Waals surface area contributed by atoms with Crippen LogP contribution in [-0.2, 0) is 27.5 Å². The number of benzene rings is 1. The summed E-state index contributed by atoms with van der Waals surface area (Å²) in [6.07, 6.45) is 3.06. The van der Waals surface area contributed by atoms with Crippen LogP contribution < -0.4 is 5.43 Å². The molecular formula is C12H9Cl2FeN3O5S. The first-order valence-electron chi connectivity index (χ1n) is 5.71. The maximum atomic E-state index is 9.69. The Balaban J connectivity index is 0.000000777. The minimum atomic E-state index is -5.17. The van der Waals surface area contributed by atoms with Crippen molar-refractivity contribution in [3.63, 3.8) is 0 Å². The maximum Gasteiger partial charge on any atom is 2.00 e. The number of phenolic OH excluding ortho intramolecular Hbond substituents is 1. The zero-order chi connectivity index (χ0) is 17.5. The van der Waals surface area contributed by atoms with Crippen molar-refractivity contribution in [3.05, 3.63) is 52.1 Å². The molecule has 0 saturated carbocycles. The molecule has 24 heavy (non-hydrogen) atoms. The molecule has 0 spiro atoms. The molecule has 0 atom stereocenters. The number of nitrogens with one attached hydrogen (secondary N) is 1. The topological polar surface area (TPSA) is 138 Å². The third-order valence-corrected chi connectivity index (χ3v) is 2.61. The second-order valence-electron chi connectivity index (χ2n) is 3.82. The van der Waals surface area contributed by atoms with Gasteiger partial charge in [-0.05, 0) is 24.3 Å². The number of aromatic hydroxyl groups is 1. The van der Waals surface area contributed by atoms with Crippen LogP contribution in [0.4, 0.5) is 5.82 Å².